The molecule has 0 atom stereocenters. The zero-order valence-corrected chi connectivity index (χ0v) is 15.6. The Morgan fingerprint density at radius 1 is 1.15 bits per heavy atom. The Morgan fingerprint density at radius 2 is 1.88 bits per heavy atom. The summed E-state index contributed by atoms with van der Waals surface area (Å²) in [5.41, 5.74) is 3.48. The van der Waals surface area contributed by atoms with Gasteiger partial charge in [0.05, 0.1) is 18.4 Å². The normalized spacial score (nSPS) is 10.6. The highest BCUT2D eigenvalue weighted by Crippen LogP contribution is 2.37. The maximum absolute atomic E-state index is 11.3. The third-order valence-corrected chi connectivity index (χ3v) is 5.10. The van der Waals surface area contributed by atoms with E-state index in [1.165, 1.54) is 5.56 Å². The smallest absolute Gasteiger partial charge is 0.347 e. The van der Waals surface area contributed by atoms with Gasteiger partial charge in [0, 0.05) is 6.07 Å². The summed E-state index contributed by atoms with van der Waals surface area (Å²) >= 11 is 1.14. The van der Waals surface area contributed by atoms with Crippen LogP contribution in [-0.4, -0.2) is 23.2 Å². The highest BCUT2D eigenvalue weighted by Gasteiger charge is 2.18. The van der Waals surface area contributed by atoms with Crippen LogP contribution in [0.4, 0.5) is 0 Å². The SMILES string of the molecule is COc1ccc(-c2nc(C)c(C(=O)O)s2)c(OCc2ccc(C)cc2)c1. The lowest BCUT2D eigenvalue weighted by Crippen LogP contribution is -1.98. The Bertz CT molecular complexity index is 931. The molecular formula is C20H19NO4S. The number of aromatic carboxylic acids is 1. The number of carboxylic acid groups (broad SMARTS) is 1. The average Bonchev–Trinajstić information content (AvgIpc) is 3.03. The van der Waals surface area contributed by atoms with Crippen molar-refractivity contribution in [2.45, 2.75) is 20.5 Å². The fourth-order valence-electron chi connectivity index (χ4n) is 2.48. The molecule has 0 spiro atoms. The molecule has 1 N–H and O–H groups in total. The Hall–Kier alpha value is -2.86. The van der Waals surface area contributed by atoms with E-state index in [1.54, 1.807) is 20.1 Å². The van der Waals surface area contributed by atoms with Gasteiger partial charge in [-0.25, -0.2) is 9.78 Å². The summed E-state index contributed by atoms with van der Waals surface area (Å²) in [6.45, 7) is 4.13. The zero-order valence-electron chi connectivity index (χ0n) is 14.8. The molecule has 0 saturated carbocycles. The molecule has 6 heteroatoms. The Kier molecular flexibility index (Phi) is 5.23. The van der Waals surface area contributed by atoms with Crippen molar-refractivity contribution in [2.24, 2.45) is 0 Å². The summed E-state index contributed by atoms with van der Waals surface area (Å²) in [4.78, 5) is 15.9. The molecule has 0 saturated heterocycles. The minimum absolute atomic E-state index is 0.236. The Morgan fingerprint density at radius 3 is 2.50 bits per heavy atom. The van der Waals surface area contributed by atoms with Crippen LogP contribution in [0.15, 0.2) is 42.5 Å². The Balaban J connectivity index is 1.93. The number of thiazole rings is 1. The summed E-state index contributed by atoms with van der Waals surface area (Å²) in [5.74, 6) is 0.303. The molecule has 5 nitrogen and oxygen atoms in total. The van der Waals surface area contributed by atoms with Gasteiger partial charge in [-0.05, 0) is 31.5 Å². The summed E-state index contributed by atoms with van der Waals surface area (Å²) in [5, 5.41) is 9.88. The van der Waals surface area contributed by atoms with E-state index in [-0.39, 0.29) is 4.88 Å². The minimum atomic E-state index is -0.970. The van der Waals surface area contributed by atoms with Crippen LogP contribution in [0.1, 0.15) is 26.5 Å². The van der Waals surface area contributed by atoms with Gasteiger partial charge in [0.1, 0.15) is 28.0 Å². The van der Waals surface area contributed by atoms with E-state index in [1.807, 2.05) is 43.3 Å². The average molecular weight is 369 g/mol. The summed E-state index contributed by atoms with van der Waals surface area (Å²) in [6, 6.07) is 13.6. The van der Waals surface area contributed by atoms with Crippen molar-refractivity contribution in [2.75, 3.05) is 7.11 Å². The van der Waals surface area contributed by atoms with Crippen LogP contribution in [0.25, 0.3) is 10.6 Å². The van der Waals surface area contributed by atoms with Gasteiger partial charge in [0.2, 0.25) is 0 Å². The first kappa shape index (κ1) is 17.9. The van der Waals surface area contributed by atoms with Gasteiger partial charge in [-0.2, -0.15) is 0 Å². The van der Waals surface area contributed by atoms with E-state index < -0.39 is 5.97 Å². The van der Waals surface area contributed by atoms with Gasteiger partial charge < -0.3 is 14.6 Å². The lowest BCUT2D eigenvalue weighted by atomic mass is 10.1. The number of hydrogen-bond donors (Lipinski definition) is 1. The molecule has 0 amide bonds. The molecule has 0 aliphatic carbocycles. The van der Waals surface area contributed by atoms with E-state index >= 15 is 0 Å². The summed E-state index contributed by atoms with van der Waals surface area (Å²) < 4.78 is 11.3. The van der Waals surface area contributed by atoms with Gasteiger partial charge in [-0.1, -0.05) is 29.8 Å². The first-order valence-corrected chi connectivity index (χ1v) is 8.87. The standard InChI is InChI=1S/C20H19NO4S/c1-12-4-6-14(7-5-12)11-25-17-10-15(24-3)8-9-16(17)19-21-13(2)18(26-19)20(22)23/h4-10H,11H2,1-3H3,(H,22,23). The molecule has 0 aliphatic rings. The molecule has 3 aromatic rings. The predicted molar refractivity (Wildman–Crippen MR) is 101 cm³/mol. The molecule has 0 fully saturated rings. The van der Waals surface area contributed by atoms with Crippen LogP contribution < -0.4 is 9.47 Å². The van der Waals surface area contributed by atoms with Crippen molar-refractivity contribution in [1.82, 2.24) is 4.98 Å². The van der Waals surface area contributed by atoms with Crippen LogP contribution in [0, 0.1) is 13.8 Å². The second kappa shape index (κ2) is 7.58. The van der Waals surface area contributed by atoms with Gasteiger partial charge in [0.15, 0.2) is 0 Å². The second-order valence-electron chi connectivity index (χ2n) is 5.88. The largest absolute Gasteiger partial charge is 0.497 e. The lowest BCUT2D eigenvalue weighted by Gasteiger charge is -2.12. The fourth-order valence-corrected chi connectivity index (χ4v) is 3.42. The number of ether oxygens (including phenoxy) is 2. The number of carbonyl (C=O) groups is 1. The van der Waals surface area contributed by atoms with Crippen molar-refractivity contribution in [3.8, 4) is 22.1 Å². The number of rotatable bonds is 6. The molecule has 3 rings (SSSR count). The molecule has 0 aliphatic heterocycles. The van der Waals surface area contributed by atoms with Crippen LogP contribution in [0.2, 0.25) is 0 Å². The van der Waals surface area contributed by atoms with E-state index in [2.05, 4.69) is 4.98 Å². The highest BCUT2D eigenvalue weighted by atomic mass is 32.1. The molecule has 0 radical (unpaired) electrons. The van der Waals surface area contributed by atoms with Gasteiger partial charge in [-0.3, -0.25) is 0 Å². The molecule has 1 aromatic heterocycles. The van der Waals surface area contributed by atoms with Crippen molar-refractivity contribution < 1.29 is 19.4 Å². The van der Waals surface area contributed by atoms with E-state index in [9.17, 15) is 9.90 Å². The fraction of sp³-hybridized carbons (Fsp3) is 0.200. The van der Waals surface area contributed by atoms with Crippen LogP contribution in [0.3, 0.4) is 0 Å². The molecule has 134 valence electrons. The third kappa shape index (κ3) is 3.86. The first-order chi connectivity index (χ1) is 12.5. The first-order valence-electron chi connectivity index (χ1n) is 8.05. The molecular weight excluding hydrogens is 350 g/mol. The van der Waals surface area contributed by atoms with E-state index in [4.69, 9.17) is 9.47 Å². The van der Waals surface area contributed by atoms with Gasteiger partial charge in [-0.15, -0.1) is 11.3 Å². The quantitative estimate of drug-likeness (QED) is 0.681. The van der Waals surface area contributed by atoms with Crippen LogP contribution in [0.5, 0.6) is 11.5 Å². The molecule has 26 heavy (non-hydrogen) atoms. The van der Waals surface area contributed by atoms with E-state index in [0.717, 1.165) is 22.5 Å². The van der Waals surface area contributed by atoms with Crippen molar-refractivity contribution in [3.05, 3.63) is 64.2 Å². The second-order valence-corrected chi connectivity index (χ2v) is 6.87. The van der Waals surface area contributed by atoms with Gasteiger partial charge in [0.25, 0.3) is 0 Å². The topological polar surface area (TPSA) is 68.7 Å². The monoisotopic (exact) mass is 369 g/mol. The maximum atomic E-state index is 11.3. The number of benzene rings is 2. The number of nitrogens with zero attached hydrogens (tertiary/aromatic N) is 1. The van der Waals surface area contributed by atoms with Crippen LogP contribution >= 0.6 is 11.3 Å². The highest BCUT2D eigenvalue weighted by molar-refractivity contribution is 7.17. The van der Waals surface area contributed by atoms with Crippen molar-refractivity contribution in [1.29, 1.82) is 0 Å². The molecule has 1 heterocycles. The molecule has 2 aromatic carbocycles. The maximum Gasteiger partial charge on any atom is 0.347 e. The van der Waals surface area contributed by atoms with Crippen molar-refractivity contribution >= 4 is 17.3 Å². The summed E-state index contributed by atoms with van der Waals surface area (Å²) in [7, 11) is 1.59. The number of aromatic nitrogens is 1. The van der Waals surface area contributed by atoms with Crippen molar-refractivity contribution in [3.63, 3.8) is 0 Å². The van der Waals surface area contributed by atoms with E-state index in [0.29, 0.717) is 28.8 Å². The van der Waals surface area contributed by atoms with Crippen LogP contribution in [-0.2, 0) is 6.61 Å². The zero-order chi connectivity index (χ0) is 18.7. The molecule has 0 bridgehead atoms. The minimum Gasteiger partial charge on any atom is -0.497 e. The van der Waals surface area contributed by atoms with Gasteiger partial charge >= 0.3 is 5.97 Å². The predicted octanol–water partition coefficient (Wildman–Crippen LogP) is 4.71. The number of carboxylic acids is 1. The lowest BCUT2D eigenvalue weighted by molar-refractivity contribution is 0.0701. The third-order valence-electron chi connectivity index (χ3n) is 3.92. The number of aryl methyl sites for hydroxylation is 2. The number of methoxy groups -OCH3 is 1. The summed E-state index contributed by atoms with van der Waals surface area (Å²) in [6.07, 6.45) is 0. The Labute approximate surface area is 155 Å². The molecule has 0 unspecified atom stereocenters. The number of hydrogen-bond acceptors (Lipinski definition) is 5.